The lowest BCUT2D eigenvalue weighted by Crippen LogP contribution is -2.17. The second-order valence-corrected chi connectivity index (χ2v) is 4.28. The molecule has 5 nitrogen and oxygen atoms in total. The molecule has 0 aliphatic rings. The molecule has 5 heteroatoms. The van der Waals surface area contributed by atoms with Crippen LogP contribution in [-0.2, 0) is 11.3 Å². The van der Waals surface area contributed by atoms with E-state index in [4.69, 9.17) is 15.6 Å². The molecule has 0 spiro atoms. The third kappa shape index (κ3) is 3.89. The highest BCUT2D eigenvalue weighted by molar-refractivity contribution is 5.16. The summed E-state index contributed by atoms with van der Waals surface area (Å²) < 4.78 is 7.32. The first-order valence-electron chi connectivity index (χ1n) is 6.32. The summed E-state index contributed by atoms with van der Waals surface area (Å²) in [6.45, 7) is 1.37. The molecule has 0 amide bonds. The van der Waals surface area contributed by atoms with Gasteiger partial charge < -0.3 is 15.6 Å². The largest absolute Gasteiger partial charge is 0.394 e. The van der Waals surface area contributed by atoms with Gasteiger partial charge in [-0.1, -0.05) is 30.3 Å². The third-order valence-electron chi connectivity index (χ3n) is 2.84. The summed E-state index contributed by atoms with van der Waals surface area (Å²) in [5, 5.41) is 13.1. The molecule has 19 heavy (non-hydrogen) atoms. The second-order valence-electron chi connectivity index (χ2n) is 4.28. The zero-order chi connectivity index (χ0) is 13.5. The highest BCUT2D eigenvalue weighted by Crippen LogP contribution is 2.15. The normalized spacial score (nSPS) is 12.5. The average molecular weight is 261 g/mol. The number of aromatic nitrogens is 2. The van der Waals surface area contributed by atoms with Crippen molar-refractivity contribution in [1.82, 2.24) is 9.78 Å². The van der Waals surface area contributed by atoms with E-state index >= 15 is 0 Å². The van der Waals surface area contributed by atoms with Crippen LogP contribution in [0.2, 0.25) is 0 Å². The second kappa shape index (κ2) is 7.04. The van der Waals surface area contributed by atoms with Crippen LogP contribution in [0.15, 0.2) is 42.7 Å². The van der Waals surface area contributed by atoms with Crippen LogP contribution in [0.4, 0.5) is 0 Å². The van der Waals surface area contributed by atoms with Crippen LogP contribution in [0.1, 0.15) is 17.2 Å². The lowest BCUT2D eigenvalue weighted by molar-refractivity contribution is 0.0328. The van der Waals surface area contributed by atoms with Crippen molar-refractivity contribution >= 4 is 0 Å². The molecule has 1 atom stereocenters. The zero-order valence-electron chi connectivity index (χ0n) is 10.8. The number of aliphatic hydroxyl groups is 1. The van der Waals surface area contributed by atoms with Gasteiger partial charge in [0, 0.05) is 18.3 Å². The van der Waals surface area contributed by atoms with Gasteiger partial charge in [-0.3, -0.25) is 4.68 Å². The van der Waals surface area contributed by atoms with Gasteiger partial charge in [-0.2, -0.15) is 5.10 Å². The Balaban J connectivity index is 2.01. The van der Waals surface area contributed by atoms with Crippen molar-refractivity contribution in [2.45, 2.75) is 12.6 Å². The predicted molar refractivity (Wildman–Crippen MR) is 72.6 cm³/mol. The van der Waals surface area contributed by atoms with E-state index < -0.39 is 0 Å². The van der Waals surface area contributed by atoms with Crippen molar-refractivity contribution in [3.05, 3.63) is 53.9 Å². The molecule has 0 fully saturated rings. The molecule has 1 aromatic carbocycles. The van der Waals surface area contributed by atoms with Gasteiger partial charge in [0.05, 0.1) is 32.1 Å². The molecule has 1 unspecified atom stereocenters. The van der Waals surface area contributed by atoms with E-state index in [1.165, 1.54) is 5.56 Å². The third-order valence-corrected chi connectivity index (χ3v) is 2.84. The highest BCUT2D eigenvalue weighted by Gasteiger charge is 2.12. The number of hydrogen-bond acceptors (Lipinski definition) is 4. The Hall–Kier alpha value is -1.69. The molecular weight excluding hydrogens is 242 g/mol. The summed E-state index contributed by atoms with van der Waals surface area (Å²) in [7, 11) is 0. The molecule has 1 aromatic heterocycles. The van der Waals surface area contributed by atoms with E-state index in [1.807, 2.05) is 29.1 Å². The van der Waals surface area contributed by atoms with Crippen LogP contribution in [0.25, 0.3) is 0 Å². The molecule has 0 aliphatic heterocycles. The van der Waals surface area contributed by atoms with E-state index in [9.17, 15) is 0 Å². The Morgan fingerprint density at radius 3 is 2.79 bits per heavy atom. The molecule has 2 rings (SSSR count). The Morgan fingerprint density at radius 1 is 1.32 bits per heavy atom. The molecule has 102 valence electrons. The number of hydrogen-bond donors (Lipinski definition) is 2. The van der Waals surface area contributed by atoms with E-state index in [0.29, 0.717) is 6.54 Å². The molecule has 1 heterocycles. The van der Waals surface area contributed by atoms with Crippen LogP contribution in [-0.4, -0.2) is 34.6 Å². The average Bonchev–Trinajstić information content (AvgIpc) is 2.89. The summed E-state index contributed by atoms with van der Waals surface area (Å²) in [6.07, 6.45) is 3.48. The van der Waals surface area contributed by atoms with E-state index in [-0.39, 0.29) is 19.3 Å². The monoisotopic (exact) mass is 261 g/mol. The minimum Gasteiger partial charge on any atom is -0.394 e. The predicted octanol–water partition coefficient (Wildman–Crippen LogP) is 0.940. The SMILES string of the molecule is NCC(OCCO)c1cnn(Cc2ccccc2)c1. The van der Waals surface area contributed by atoms with Gasteiger partial charge in [0.25, 0.3) is 0 Å². The Bertz CT molecular complexity index is 484. The van der Waals surface area contributed by atoms with Crippen molar-refractivity contribution in [3.8, 4) is 0 Å². The molecule has 0 aliphatic carbocycles. The van der Waals surface area contributed by atoms with Crippen molar-refractivity contribution in [2.75, 3.05) is 19.8 Å². The summed E-state index contributed by atoms with van der Waals surface area (Å²) in [5.41, 5.74) is 7.79. The van der Waals surface area contributed by atoms with E-state index in [0.717, 1.165) is 12.1 Å². The van der Waals surface area contributed by atoms with Gasteiger partial charge in [-0.05, 0) is 5.56 Å². The van der Waals surface area contributed by atoms with Gasteiger partial charge in [0.1, 0.15) is 0 Å². The van der Waals surface area contributed by atoms with Crippen LogP contribution in [0, 0.1) is 0 Å². The number of aliphatic hydroxyl groups excluding tert-OH is 1. The molecule has 0 bridgehead atoms. The quantitative estimate of drug-likeness (QED) is 0.778. The number of nitrogens with zero attached hydrogens (tertiary/aromatic N) is 2. The van der Waals surface area contributed by atoms with Crippen LogP contribution >= 0.6 is 0 Å². The molecule has 0 saturated heterocycles. The van der Waals surface area contributed by atoms with Crippen molar-refractivity contribution in [1.29, 1.82) is 0 Å². The molecule has 0 saturated carbocycles. The van der Waals surface area contributed by atoms with Crippen LogP contribution < -0.4 is 5.73 Å². The first kappa shape index (κ1) is 13.7. The maximum absolute atomic E-state index is 8.77. The minimum absolute atomic E-state index is 0.00531. The summed E-state index contributed by atoms with van der Waals surface area (Å²) in [6, 6.07) is 10.1. The summed E-state index contributed by atoms with van der Waals surface area (Å²) in [4.78, 5) is 0. The van der Waals surface area contributed by atoms with E-state index in [1.54, 1.807) is 6.20 Å². The van der Waals surface area contributed by atoms with Crippen molar-refractivity contribution in [3.63, 3.8) is 0 Å². The number of ether oxygens (including phenoxy) is 1. The lowest BCUT2D eigenvalue weighted by atomic mass is 10.2. The first-order valence-corrected chi connectivity index (χ1v) is 6.32. The fourth-order valence-corrected chi connectivity index (χ4v) is 1.90. The maximum atomic E-state index is 8.77. The Labute approximate surface area is 112 Å². The molecule has 3 N–H and O–H groups in total. The fourth-order valence-electron chi connectivity index (χ4n) is 1.90. The number of rotatable bonds is 7. The van der Waals surface area contributed by atoms with Gasteiger partial charge in [0.15, 0.2) is 0 Å². The highest BCUT2D eigenvalue weighted by atomic mass is 16.5. The summed E-state index contributed by atoms with van der Waals surface area (Å²) in [5.74, 6) is 0. The molecule has 2 aromatic rings. The Kier molecular flexibility index (Phi) is 5.09. The first-order chi connectivity index (χ1) is 9.33. The standard InChI is InChI=1S/C14H19N3O2/c15-8-14(19-7-6-18)13-9-16-17(11-13)10-12-4-2-1-3-5-12/h1-5,9,11,14,18H,6-8,10,15H2. The maximum Gasteiger partial charge on any atom is 0.0978 e. The van der Waals surface area contributed by atoms with E-state index in [2.05, 4.69) is 17.2 Å². The van der Waals surface area contributed by atoms with Crippen molar-refractivity contribution < 1.29 is 9.84 Å². The Morgan fingerprint density at radius 2 is 2.11 bits per heavy atom. The summed E-state index contributed by atoms with van der Waals surface area (Å²) >= 11 is 0. The topological polar surface area (TPSA) is 73.3 Å². The zero-order valence-corrected chi connectivity index (χ0v) is 10.8. The smallest absolute Gasteiger partial charge is 0.0978 e. The van der Waals surface area contributed by atoms with Crippen molar-refractivity contribution in [2.24, 2.45) is 5.73 Å². The fraction of sp³-hybridized carbons (Fsp3) is 0.357. The van der Waals surface area contributed by atoms with Gasteiger partial charge in [-0.25, -0.2) is 0 Å². The minimum atomic E-state index is -0.211. The van der Waals surface area contributed by atoms with Crippen LogP contribution in [0.5, 0.6) is 0 Å². The lowest BCUT2D eigenvalue weighted by Gasteiger charge is -2.13. The molecule has 0 radical (unpaired) electrons. The van der Waals surface area contributed by atoms with Gasteiger partial charge in [-0.15, -0.1) is 0 Å². The van der Waals surface area contributed by atoms with Gasteiger partial charge >= 0.3 is 0 Å². The van der Waals surface area contributed by atoms with Crippen LogP contribution in [0.3, 0.4) is 0 Å². The number of nitrogens with two attached hydrogens (primary N) is 1. The number of benzene rings is 1. The van der Waals surface area contributed by atoms with Gasteiger partial charge in [0.2, 0.25) is 0 Å². The molecular formula is C14H19N3O2.